The molecule has 8 N–H and O–H groups in total. The first-order chi connectivity index (χ1) is 15.9. The van der Waals surface area contributed by atoms with Gasteiger partial charge in [0.1, 0.15) is 12.1 Å². The summed E-state index contributed by atoms with van der Waals surface area (Å²) < 4.78 is 40.6. The van der Waals surface area contributed by atoms with E-state index in [0.717, 1.165) is 6.92 Å². The Bertz CT molecular complexity index is 1010. The molecular weight excluding hydrogens is 478 g/mol. The molecule has 12 heteroatoms. The van der Waals surface area contributed by atoms with Gasteiger partial charge in [0.2, 0.25) is 5.78 Å². The van der Waals surface area contributed by atoms with Crippen LogP contribution in [-0.4, -0.2) is 58.2 Å². The molecule has 1 rings (SSSR count). The van der Waals surface area contributed by atoms with Gasteiger partial charge < -0.3 is 27.0 Å². The molecule has 0 spiro atoms. The first-order valence-corrected chi connectivity index (χ1v) is 12.6. The maximum atomic E-state index is 13.3. The lowest BCUT2D eigenvalue weighted by atomic mass is 9.67. The third-order valence-electron chi connectivity index (χ3n) is 5.79. The fourth-order valence-corrected chi connectivity index (χ4v) is 5.18. The molecule has 1 aromatic rings. The van der Waals surface area contributed by atoms with Crippen LogP contribution in [0.5, 0.6) is 0 Å². The van der Waals surface area contributed by atoms with E-state index in [1.54, 1.807) is 44.2 Å². The van der Waals surface area contributed by atoms with E-state index < -0.39 is 62.0 Å². The number of ether oxygens (including phenoxy) is 1. The van der Waals surface area contributed by atoms with Crippen molar-refractivity contribution in [2.75, 3.05) is 0 Å². The van der Waals surface area contributed by atoms with Crippen LogP contribution in [0.2, 0.25) is 0 Å². The summed E-state index contributed by atoms with van der Waals surface area (Å²) in [5.74, 6) is -7.25. The zero-order valence-corrected chi connectivity index (χ0v) is 21.5. The van der Waals surface area contributed by atoms with Crippen molar-refractivity contribution in [3.63, 3.8) is 0 Å². The van der Waals surface area contributed by atoms with Crippen LogP contribution in [0.15, 0.2) is 30.3 Å². The predicted molar refractivity (Wildman–Crippen MR) is 129 cm³/mol. The highest BCUT2D eigenvalue weighted by Crippen LogP contribution is 2.40. The zero-order chi connectivity index (χ0) is 27.4. The Hall–Kier alpha value is -2.22. The molecule has 0 aliphatic carbocycles. The second-order valence-electron chi connectivity index (χ2n) is 9.56. The van der Waals surface area contributed by atoms with Gasteiger partial charge in [-0.05, 0) is 30.7 Å². The van der Waals surface area contributed by atoms with E-state index >= 15 is 0 Å². The third-order valence-corrected chi connectivity index (χ3v) is 7.07. The molecule has 0 aliphatic rings. The van der Waals surface area contributed by atoms with Crippen LogP contribution in [-0.2, 0) is 35.8 Å². The molecule has 0 fully saturated rings. The molecule has 3 unspecified atom stereocenters. The molecule has 0 saturated carbocycles. The molecule has 0 radical (unpaired) electrons. The maximum absolute atomic E-state index is 13.3. The number of rotatable bonds is 13. The number of hydrogen-bond acceptors (Lipinski definition) is 10. The van der Waals surface area contributed by atoms with E-state index in [9.17, 15) is 32.5 Å². The lowest BCUT2D eigenvalue weighted by Gasteiger charge is -2.46. The Morgan fingerprint density at radius 2 is 1.51 bits per heavy atom. The first-order valence-electron chi connectivity index (χ1n) is 11.2. The van der Waals surface area contributed by atoms with Crippen molar-refractivity contribution in [3.8, 4) is 0 Å². The lowest BCUT2D eigenvalue weighted by molar-refractivity contribution is -0.166. The van der Waals surface area contributed by atoms with Gasteiger partial charge >= 0.3 is 16.1 Å². The highest BCUT2D eigenvalue weighted by Gasteiger charge is 2.71. The zero-order valence-electron chi connectivity index (χ0n) is 20.7. The van der Waals surface area contributed by atoms with Gasteiger partial charge in [-0.2, -0.15) is 8.42 Å². The van der Waals surface area contributed by atoms with Gasteiger partial charge in [0.25, 0.3) is 4.93 Å². The Labute approximate surface area is 206 Å². The standard InChI is InChI=1S/C23H37N3O8S/c1-13(2)11-17(25)20(28)23(30,35(31,32)33)22(26,19(27)15(5)24)18(14(3)4)21(29)34-12-16-9-7-6-8-10-16/h6-10,13-15,17-18,30H,11-12,24-26H2,1-5H3,(H,31,32,33)/t15-,17-,18?,22?,23?/m0/s1. The van der Waals surface area contributed by atoms with Crippen molar-refractivity contribution in [3.05, 3.63) is 35.9 Å². The highest BCUT2D eigenvalue weighted by molar-refractivity contribution is 7.88. The van der Waals surface area contributed by atoms with Gasteiger partial charge in [0, 0.05) is 0 Å². The third kappa shape index (κ3) is 6.32. The molecule has 11 nitrogen and oxygen atoms in total. The molecule has 35 heavy (non-hydrogen) atoms. The van der Waals surface area contributed by atoms with Crippen LogP contribution in [0, 0.1) is 17.8 Å². The van der Waals surface area contributed by atoms with E-state index in [1.165, 1.54) is 13.8 Å². The Morgan fingerprint density at radius 3 is 1.91 bits per heavy atom. The van der Waals surface area contributed by atoms with E-state index in [0.29, 0.717) is 5.56 Å². The maximum Gasteiger partial charge on any atom is 0.312 e. The monoisotopic (exact) mass is 515 g/mol. The van der Waals surface area contributed by atoms with Gasteiger partial charge in [-0.1, -0.05) is 58.0 Å². The molecule has 0 saturated heterocycles. The minimum absolute atomic E-state index is 0.107. The van der Waals surface area contributed by atoms with Crippen LogP contribution >= 0.6 is 0 Å². The fourth-order valence-electron chi connectivity index (χ4n) is 4.12. The van der Waals surface area contributed by atoms with Crippen molar-refractivity contribution in [1.82, 2.24) is 0 Å². The van der Waals surface area contributed by atoms with Crippen molar-refractivity contribution in [1.29, 1.82) is 0 Å². The minimum Gasteiger partial charge on any atom is -0.461 e. The Kier molecular flexibility index (Phi) is 10.3. The quantitative estimate of drug-likeness (QED) is 0.176. The largest absolute Gasteiger partial charge is 0.461 e. The van der Waals surface area contributed by atoms with Gasteiger partial charge in [0.05, 0.1) is 18.0 Å². The Balaban J connectivity index is 3.78. The van der Waals surface area contributed by atoms with Crippen LogP contribution in [0.3, 0.4) is 0 Å². The van der Waals surface area contributed by atoms with Gasteiger partial charge in [-0.3, -0.25) is 18.9 Å². The highest BCUT2D eigenvalue weighted by atomic mass is 32.2. The SMILES string of the molecule is CC(C)C[C@H](N)C(=O)C(O)(C(N)(C(=O)[C@H](C)N)C(C(=O)OCc1ccccc1)C(C)C)S(=O)(=O)O. The molecular formula is C23H37N3O8S. The molecule has 0 aliphatic heterocycles. The summed E-state index contributed by atoms with van der Waals surface area (Å²) in [5, 5.41) is 11.4. The molecule has 5 atom stereocenters. The van der Waals surface area contributed by atoms with Crippen molar-refractivity contribution in [2.24, 2.45) is 35.0 Å². The molecule has 0 heterocycles. The number of carbonyl (C=O) groups is 3. The summed E-state index contributed by atoms with van der Waals surface area (Å²) >= 11 is 0. The summed E-state index contributed by atoms with van der Waals surface area (Å²) in [5.41, 5.74) is 15.2. The smallest absolute Gasteiger partial charge is 0.312 e. The van der Waals surface area contributed by atoms with Gasteiger partial charge in [-0.15, -0.1) is 0 Å². The number of ketones is 2. The number of carbonyl (C=O) groups excluding carboxylic acids is 3. The fraction of sp³-hybridized carbons (Fsp3) is 0.609. The summed E-state index contributed by atoms with van der Waals surface area (Å²) in [6.07, 6.45) is -0.107. The molecule has 1 aromatic carbocycles. The van der Waals surface area contributed by atoms with E-state index in [4.69, 9.17) is 21.9 Å². The Morgan fingerprint density at radius 1 is 1.00 bits per heavy atom. The summed E-state index contributed by atoms with van der Waals surface area (Å²) in [6.45, 7) is 7.05. The number of Topliss-reactive ketones (excluding diaryl/α,β-unsaturated/α-hetero) is 2. The lowest BCUT2D eigenvalue weighted by Crippen LogP contribution is -2.80. The number of benzene rings is 1. The van der Waals surface area contributed by atoms with Crippen LogP contribution in [0.25, 0.3) is 0 Å². The van der Waals surface area contributed by atoms with Crippen molar-refractivity contribution < 1.29 is 37.2 Å². The second-order valence-corrected chi connectivity index (χ2v) is 11.1. The van der Waals surface area contributed by atoms with E-state index in [2.05, 4.69) is 0 Å². The van der Waals surface area contributed by atoms with E-state index in [-0.39, 0.29) is 18.9 Å². The van der Waals surface area contributed by atoms with E-state index in [1.807, 2.05) is 0 Å². The number of hydrogen-bond donors (Lipinski definition) is 5. The summed E-state index contributed by atoms with van der Waals surface area (Å²) in [7, 11) is -5.84. The van der Waals surface area contributed by atoms with Crippen LogP contribution < -0.4 is 17.2 Å². The first kappa shape index (κ1) is 30.8. The van der Waals surface area contributed by atoms with Gasteiger partial charge in [0.15, 0.2) is 5.78 Å². The normalized spacial score (nSPS) is 18.3. The van der Waals surface area contributed by atoms with Crippen molar-refractivity contribution in [2.45, 2.75) is 70.2 Å². The predicted octanol–water partition coefficient (Wildman–Crippen LogP) is 0.135. The van der Waals surface area contributed by atoms with Crippen LogP contribution in [0.1, 0.15) is 46.6 Å². The van der Waals surface area contributed by atoms with Crippen LogP contribution in [0.4, 0.5) is 0 Å². The molecule has 0 amide bonds. The number of esters is 1. The minimum atomic E-state index is -5.84. The number of nitrogens with two attached hydrogens (primary N) is 3. The number of aliphatic hydroxyl groups is 1. The molecule has 198 valence electrons. The summed E-state index contributed by atoms with van der Waals surface area (Å²) in [4.78, 5) is 35.9. The summed E-state index contributed by atoms with van der Waals surface area (Å²) in [6, 6.07) is 5.27. The average molecular weight is 516 g/mol. The van der Waals surface area contributed by atoms with Crippen molar-refractivity contribution >= 4 is 27.7 Å². The topological polar surface area (TPSA) is 213 Å². The average Bonchev–Trinajstić information content (AvgIpc) is 2.74. The van der Waals surface area contributed by atoms with Gasteiger partial charge in [-0.25, -0.2) is 0 Å². The molecule has 0 aromatic heterocycles. The second kappa shape index (κ2) is 11.7. The molecule has 0 bridgehead atoms.